The Morgan fingerprint density at radius 2 is 2.11 bits per heavy atom. The third kappa shape index (κ3) is 3.74. The third-order valence-corrected chi connectivity index (χ3v) is 2.99. The van der Waals surface area contributed by atoms with Gasteiger partial charge in [0.1, 0.15) is 5.75 Å². The second kappa shape index (κ2) is 7.01. The van der Waals surface area contributed by atoms with Gasteiger partial charge in [-0.15, -0.1) is 0 Å². The largest absolute Gasteiger partial charge is 0.496 e. The van der Waals surface area contributed by atoms with Crippen LogP contribution in [0.5, 0.6) is 5.75 Å². The molecule has 1 unspecified atom stereocenters. The zero-order valence-electron chi connectivity index (χ0n) is 11.2. The fourth-order valence-electron chi connectivity index (χ4n) is 1.82. The SMILES string of the molecule is CCc1ccc(OC)c(C(N)CCC(=O)OC)c1. The summed E-state index contributed by atoms with van der Waals surface area (Å²) in [6.45, 7) is 2.09. The summed E-state index contributed by atoms with van der Waals surface area (Å²) >= 11 is 0. The molecule has 0 bridgehead atoms. The fourth-order valence-corrected chi connectivity index (χ4v) is 1.82. The number of carbonyl (C=O) groups is 1. The van der Waals surface area contributed by atoms with E-state index in [4.69, 9.17) is 10.5 Å². The number of esters is 1. The first-order valence-electron chi connectivity index (χ1n) is 6.11. The molecule has 0 saturated carbocycles. The number of ether oxygens (including phenoxy) is 2. The summed E-state index contributed by atoms with van der Waals surface area (Å²) in [6.07, 6.45) is 1.81. The average molecular weight is 251 g/mol. The molecule has 1 aromatic carbocycles. The van der Waals surface area contributed by atoms with Gasteiger partial charge in [-0.25, -0.2) is 0 Å². The minimum absolute atomic E-state index is 0.217. The standard InChI is InChI=1S/C14H21NO3/c1-4-10-5-7-13(17-2)11(9-10)12(15)6-8-14(16)18-3/h5,7,9,12H,4,6,8,15H2,1-3H3. The number of hydrogen-bond donors (Lipinski definition) is 1. The van der Waals surface area contributed by atoms with Crippen LogP contribution < -0.4 is 10.5 Å². The Balaban J connectivity index is 2.82. The molecule has 18 heavy (non-hydrogen) atoms. The lowest BCUT2D eigenvalue weighted by atomic mass is 9.98. The molecule has 1 rings (SSSR count). The highest BCUT2D eigenvalue weighted by Crippen LogP contribution is 2.27. The van der Waals surface area contributed by atoms with Gasteiger partial charge in [-0.3, -0.25) is 4.79 Å². The molecule has 0 heterocycles. The summed E-state index contributed by atoms with van der Waals surface area (Å²) in [7, 11) is 3.00. The number of carbonyl (C=O) groups excluding carboxylic acids is 1. The van der Waals surface area contributed by atoms with Crippen molar-refractivity contribution in [2.45, 2.75) is 32.2 Å². The summed E-state index contributed by atoms with van der Waals surface area (Å²) in [6, 6.07) is 5.77. The van der Waals surface area contributed by atoms with E-state index in [1.165, 1.54) is 12.7 Å². The number of nitrogens with two attached hydrogens (primary N) is 1. The van der Waals surface area contributed by atoms with Gasteiger partial charge in [0.05, 0.1) is 14.2 Å². The maximum Gasteiger partial charge on any atom is 0.305 e. The van der Waals surface area contributed by atoms with Crippen LogP contribution in [0.25, 0.3) is 0 Å². The molecule has 4 heteroatoms. The summed E-state index contributed by atoms with van der Waals surface area (Å²) in [4.78, 5) is 11.1. The minimum Gasteiger partial charge on any atom is -0.496 e. The lowest BCUT2D eigenvalue weighted by Crippen LogP contribution is -2.14. The highest BCUT2D eigenvalue weighted by Gasteiger charge is 2.14. The second-order valence-electron chi connectivity index (χ2n) is 4.15. The van der Waals surface area contributed by atoms with Crippen LogP contribution in [0.15, 0.2) is 18.2 Å². The van der Waals surface area contributed by atoms with Crippen molar-refractivity contribution in [1.29, 1.82) is 0 Å². The Bertz CT molecular complexity index is 404. The minimum atomic E-state index is -0.240. The van der Waals surface area contributed by atoms with Crippen LogP contribution in [-0.2, 0) is 16.0 Å². The molecule has 1 aromatic rings. The van der Waals surface area contributed by atoms with Crippen LogP contribution in [0.4, 0.5) is 0 Å². The Kier molecular flexibility index (Phi) is 5.65. The van der Waals surface area contributed by atoms with Gasteiger partial charge in [0, 0.05) is 18.0 Å². The van der Waals surface area contributed by atoms with Crippen molar-refractivity contribution in [2.24, 2.45) is 5.73 Å². The number of aryl methyl sites for hydroxylation is 1. The molecule has 0 spiro atoms. The maximum absolute atomic E-state index is 11.1. The second-order valence-corrected chi connectivity index (χ2v) is 4.15. The van der Waals surface area contributed by atoms with E-state index in [-0.39, 0.29) is 12.0 Å². The molecule has 0 aliphatic heterocycles. The van der Waals surface area contributed by atoms with Gasteiger partial charge in [-0.1, -0.05) is 19.1 Å². The third-order valence-electron chi connectivity index (χ3n) is 2.99. The van der Waals surface area contributed by atoms with E-state index in [1.807, 2.05) is 18.2 Å². The molecule has 4 nitrogen and oxygen atoms in total. The molecule has 0 fully saturated rings. The monoisotopic (exact) mass is 251 g/mol. The zero-order chi connectivity index (χ0) is 13.5. The van der Waals surface area contributed by atoms with Gasteiger partial charge in [0.25, 0.3) is 0 Å². The molecule has 0 amide bonds. The lowest BCUT2D eigenvalue weighted by Gasteiger charge is -2.16. The molecule has 1 atom stereocenters. The van der Waals surface area contributed by atoms with Gasteiger partial charge in [-0.2, -0.15) is 0 Å². The predicted molar refractivity (Wildman–Crippen MR) is 70.6 cm³/mol. The van der Waals surface area contributed by atoms with Gasteiger partial charge in [-0.05, 0) is 24.5 Å². The smallest absolute Gasteiger partial charge is 0.305 e. The molecule has 0 radical (unpaired) electrons. The highest BCUT2D eigenvalue weighted by atomic mass is 16.5. The van der Waals surface area contributed by atoms with E-state index in [1.54, 1.807) is 7.11 Å². The quantitative estimate of drug-likeness (QED) is 0.787. The van der Waals surface area contributed by atoms with Gasteiger partial charge in [0.2, 0.25) is 0 Å². The van der Waals surface area contributed by atoms with Crippen LogP contribution >= 0.6 is 0 Å². The number of methoxy groups -OCH3 is 2. The molecule has 0 aliphatic carbocycles. The molecule has 0 saturated heterocycles. The molecular formula is C14H21NO3. The van der Waals surface area contributed by atoms with Crippen molar-refractivity contribution in [1.82, 2.24) is 0 Å². The van der Waals surface area contributed by atoms with Crippen LogP contribution in [0.2, 0.25) is 0 Å². The molecule has 0 aliphatic rings. The van der Waals surface area contributed by atoms with E-state index in [0.717, 1.165) is 17.7 Å². The Morgan fingerprint density at radius 1 is 1.39 bits per heavy atom. The summed E-state index contributed by atoms with van der Waals surface area (Å²) in [5, 5.41) is 0. The molecule has 2 N–H and O–H groups in total. The normalized spacial score (nSPS) is 12.0. The van der Waals surface area contributed by atoms with Crippen molar-refractivity contribution in [3.8, 4) is 5.75 Å². The van der Waals surface area contributed by atoms with Crippen LogP contribution in [0.3, 0.4) is 0 Å². The van der Waals surface area contributed by atoms with E-state index in [2.05, 4.69) is 11.7 Å². The summed E-state index contributed by atoms with van der Waals surface area (Å²) in [5.41, 5.74) is 8.26. The average Bonchev–Trinajstić information content (AvgIpc) is 2.43. The molecular weight excluding hydrogens is 230 g/mol. The number of rotatable bonds is 6. The van der Waals surface area contributed by atoms with Gasteiger partial charge in [0.15, 0.2) is 0 Å². The number of hydrogen-bond acceptors (Lipinski definition) is 4. The van der Waals surface area contributed by atoms with Crippen molar-refractivity contribution < 1.29 is 14.3 Å². The van der Waals surface area contributed by atoms with E-state index in [9.17, 15) is 4.79 Å². The Hall–Kier alpha value is -1.55. The molecule has 100 valence electrons. The highest BCUT2D eigenvalue weighted by molar-refractivity contribution is 5.69. The topological polar surface area (TPSA) is 61.5 Å². The predicted octanol–water partition coefficient (Wildman–Crippen LogP) is 2.21. The van der Waals surface area contributed by atoms with Crippen LogP contribution in [0, 0.1) is 0 Å². The molecule has 0 aromatic heterocycles. The van der Waals surface area contributed by atoms with E-state index < -0.39 is 0 Å². The van der Waals surface area contributed by atoms with Gasteiger partial charge < -0.3 is 15.2 Å². The first kappa shape index (κ1) is 14.5. The van der Waals surface area contributed by atoms with Gasteiger partial charge >= 0.3 is 5.97 Å². The van der Waals surface area contributed by atoms with Crippen molar-refractivity contribution in [3.05, 3.63) is 29.3 Å². The van der Waals surface area contributed by atoms with Crippen LogP contribution in [0.1, 0.15) is 36.9 Å². The Morgan fingerprint density at radius 3 is 2.67 bits per heavy atom. The van der Waals surface area contributed by atoms with Crippen molar-refractivity contribution >= 4 is 5.97 Å². The zero-order valence-corrected chi connectivity index (χ0v) is 11.2. The first-order chi connectivity index (χ1) is 8.62. The van der Waals surface area contributed by atoms with Crippen molar-refractivity contribution in [2.75, 3.05) is 14.2 Å². The van der Waals surface area contributed by atoms with Crippen LogP contribution in [-0.4, -0.2) is 20.2 Å². The number of benzene rings is 1. The maximum atomic E-state index is 11.1. The van der Waals surface area contributed by atoms with E-state index in [0.29, 0.717) is 12.8 Å². The van der Waals surface area contributed by atoms with E-state index >= 15 is 0 Å². The first-order valence-corrected chi connectivity index (χ1v) is 6.11. The lowest BCUT2D eigenvalue weighted by molar-refractivity contribution is -0.140. The summed E-state index contributed by atoms with van der Waals surface area (Å²) < 4.78 is 9.92. The summed E-state index contributed by atoms with van der Waals surface area (Å²) in [5.74, 6) is 0.528. The fraction of sp³-hybridized carbons (Fsp3) is 0.500. The van der Waals surface area contributed by atoms with Crippen molar-refractivity contribution in [3.63, 3.8) is 0 Å². The Labute approximate surface area is 108 Å².